The van der Waals surface area contributed by atoms with Gasteiger partial charge in [-0.3, -0.25) is 9.78 Å². The van der Waals surface area contributed by atoms with Crippen molar-refractivity contribution in [1.29, 1.82) is 0 Å². The van der Waals surface area contributed by atoms with Gasteiger partial charge < -0.3 is 4.57 Å². The number of aromatic amines is 1. The molecule has 0 radical (unpaired) electrons. The highest BCUT2D eigenvalue weighted by Gasteiger charge is 2.09. The zero-order valence-electron chi connectivity index (χ0n) is 11.9. The quantitative estimate of drug-likeness (QED) is 0.818. The summed E-state index contributed by atoms with van der Waals surface area (Å²) in [5, 5.41) is 0. The van der Waals surface area contributed by atoms with Crippen molar-refractivity contribution >= 4 is 17.4 Å². The first-order chi connectivity index (χ1) is 9.65. The van der Waals surface area contributed by atoms with Gasteiger partial charge in [0.15, 0.2) is 11.2 Å². The molecule has 0 atom stereocenters. The second-order valence-electron chi connectivity index (χ2n) is 4.89. The number of rotatable bonds is 6. The van der Waals surface area contributed by atoms with Crippen LogP contribution in [-0.2, 0) is 7.05 Å². The third-order valence-corrected chi connectivity index (χ3v) is 3.28. The van der Waals surface area contributed by atoms with Crippen molar-refractivity contribution in [1.82, 2.24) is 19.1 Å². The van der Waals surface area contributed by atoms with Crippen LogP contribution < -0.4 is 11.2 Å². The fourth-order valence-electron chi connectivity index (χ4n) is 2.15. The summed E-state index contributed by atoms with van der Waals surface area (Å²) in [6.07, 6.45) is 10.5. The van der Waals surface area contributed by atoms with Crippen LogP contribution >= 0.6 is 0 Å². The number of hydrogen-bond donors (Lipinski definition) is 1. The van der Waals surface area contributed by atoms with Crippen LogP contribution in [0.5, 0.6) is 0 Å². The number of fused-ring (bicyclic) bond motifs is 1. The Hall–Kier alpha value is -2.11. The first-order valence-electron chi connectivity index (χ1n) is 6.97. The molecule has 6 nitrogen and oxygen atoms in total. The molecular weight excluding hydrogens is 256 g/mol. The molecule has 108 valence electrons. The molecule has 6 heteroatoms. The Morgan fingerprint density at radius 1 is 1.30 bits per heavy atom. The van der Waals surface area contributed by atoms with Crippen LogP contribution in [-0.4, -0.2) is 19.1 Å². The lowest BCUT2D eigenvalue weighted by Crippen LogP contribution is -2.32. The summed E-state index contributed by atoms with van der Waals surface area (Å²) < 4.78 is 2.71. The maximum atomic E-state index is 12.2. The first kappa shape index (κ1) is 14.3. The van der Waals surface area contributed by atoms with Crippen molar-refractivity contribution in [3.63, 3.8) is 0 Å². The summed E-state index contributed by atoms with van der Waals surface area (Å²) in [4.78, 5) is 30.7. The van der Waals surface area contributed by atoms with Crippen LogP contribution in [0.2, 0.25) is 0 Å². The Morgan fingerprint density at radius 2 is 2.10 bits per heavy atom. The fraction of sp³-hybridized carbons (Fsp3) is 0.500. The molecule has 0 saturated heterocycles. The van der Waals surface area contributed by atoms with Gasteiger partial charge in [-0.1, -0.05) is 32.3 Å². The lowest BCUT2D eigenvalue weighted by Gasteiger charge is -1.99. The molecule has 2 aromatic rings. The number of H-pyrrole nitrogens is 1. The van der Waals surface area contributed by atoms with Crippen molar-refractivity contribution in [3.8, 4) is 0 Å². The summed E-state index contributed by atoms with van der Waals surface area (Å²) in [6.45, 7) is 2.16. The summed E-state index contributed by atoms with van der Waals surface area (Å²) in [5.74, 6) is 0. The lowest BCUT2D eigenvalue weighted by atomic mass is 10.1. The van der Waals surface area contributed by atoms with E-state index in [-0.39, 0.29) is 5.56 Å². The molecule has 0 unspecified atom stereocenters. The Balaban J connectivity index is 2.22. The molecule has 0 aliphatic carbocycles. The number of imidazole rings is 1. The van der Waals surface area contributed by atoms with Gasteiger partial charge >= 0.3 is 5.69 Å². The van der Waals surface area contributed by atoms with Gasteiger partial charge in [0, 0.05) is 13.2 Å². The molecule has 0 aliphatic heterocycles. The molecule has 0 fully saturated rings. The minimum Gasteiger partial charge on any atom is -0.328 e. The van der Waals surface area contributed by atoms with Crippen molar-refractivity contribution in [2.75, 3.05) is 0 Å². The largest absolute Gasteiger partial charge is 0.334 e. The third kappa shape index (κ3) is 2.89. The van der Waals surface area contributed by atoms with Gasteiger partial charge in [0.05, 0.1) is 6.33 Å². The van der Waals surface area contributed by atoms with E-state index in [1.165, 1.54) is 25.6 Å². The lowest BCUT2D eigenvalue weighted by molar-refractivity contribution is 0.674. The van der Waals surface area contributed by atoms with Gasteiger partial charge in [-0.25, -0.2) is 14.3 Å². The molecule has 20 heavy (non-hydrogen) atoms. The summed E-state index contributed by atoms with van der Waals surface area (Å²) >= 11 is 0. The van der Waals surface area contributed by atoms with E-state index >= 15 is 0 Å². The average molecular weight is 276 g/mol. The smallest absolute Gasteiger partial charge is 0.328 e. The van der Waals surface area contributed by atoms with E-state index in [9.17, 15) is 9.59 Å². The number of hydrogen-bond acceptors (Lipinski definition) is 3. The first-order valence-corrected chi connectivity index (χ1v) is 6.97. The third-order valence-electron chi connectivity index (χ3n) is 3.28. The van der Waals surface area contributed by atoms with E-state index in [1.54, 1.807) is 17.8 Å². The predicted octanol–water partition coefficient (Wildman–Crippen LogP) is 1.86. The van der Waals surface area contributed by atoms with E-state index in [0.717, 1.165) is 17.4 Å². The number of nitrogens with one attached hydrogen (secondary N) is 1. The van der Waals surface area contributed by atoms with Crippen LogP contribution in [0.1, 0.15) is 39.0 Å². The monoisotopic (exact) mass is 276 g/mol. The molecule has 0 spiro atoms. The number of allylic oxidation sites excluding steroid dienone is 1. The molecule has 2 rings (SSSR count). The topological polar surface area (TPSA) is 72.7 Å². The Bertz CT molecular complexity index is 721. The molecule has 0 aliphatic rings. The number of nitrogens with zero attached hydrogens (tertiary/aromatic N) is 3. The number of aryl methyl sites for hydroxylation is 1. The van der Waals surface area contributed by atoms with Gasteiger partial charge in [0.1, 0.15) is 0 Å². The van der Waals surface area contributed by atoms with Crippen LogP contribution in [0.15, 0.2) is 22.0 Å². The minimum absolute atomic E-state index is 0.329. The van der Waals surface area contributed by atoms with Crippen molar-refractivity contribution < 1.29 is 0 Å². The zero-order chi connectivity index (χ0) is 14.5. The maximum Gasteiger partial charge on any atom is 0.334 e. The van der Waals surface area contributed by atoms with Gasteiger partial charge in [-0.05, 0) is 12.8 Å². The molecule has 0 bridgehead atoms. The second kappa shape index (κ2) is 6.36. The van der Waals surface area contributed by atoms with E-state index in [0.29, 0.717) is 11.2 Å². The van der Waals surface area contributed by atoms with Crippen LogP contribution in [0, 0.1) is 0 Å². The Labute approximate surface area is 116 Å². The second-order valence-corrected chi connectivity index (χ2v) is 4.89. The van der Waals surface area contributed by atoms with Crippen molar-refractivity contribution in [2.24, 2.45) is 7.05 Å². The standard InChI is InChI=1S/C14H20N4O2/c1-3-4-5-6-7-8-9-18-13(19)11-12(16-14(18)20)15-10-17(11)2/h8-10H,3-7H2,1-2H3,(H,16,20). The SMILES string of the molecule is CCCCCCC=Cn1c(=O)[nH]c2ncn(C)c2c1=O. The fourth-order valence-corrected chi connectivity index (χ4v) is 2.15. The molecule has 0 aromatic carbocycles. The predicted molar refractivity (Wildman–Crippen MR) is 79.7 cm³/mol. The molecular formula is C14H20N4O2. The highest BCUT2D eigenvalue weighted by molar-refractivity contribution is 5.69. The summed E-state index contributed by atoms with van der Waals surface area (Å²) in [6, 6.07) is 0. The Morgan fingerprint density at radius 3 is 2.85 bits per heavy atom. The zero-order valence-corrected chi connectivity index (χ0v) is 11.9. The van der Waals surface area contributed by atoms with E-state index in [4.69, 9.17) is 0 Å². The van der Waals surface area contributed by atoms with E-state index in [2.05, 4.69) is 16.9 Å². The van der Waals surface area contributed by atoms with Crippen LogP contribution in [0.4, 0.5) is 0 Å². The minimum atomic E-state index is -0.453. The molecule has 0 amide bonds. The highest BCUT2D eigenvalue weighted by Crippen LogP contribution is 2.03. The number of unbranched alkanes of at least 4 members (excludes halogenated alkanes) is 4. The normalized spacial score (nSPS) is 11.7. The van der Waals surface area contributed by atoms with E-state index < -0.39 is 5.69 Å². The number of aromatic nitrogens is 4. The van der Waals surface area contributed by atoms with Gasteiger partial charge in [-0.15, -0.1) is 0 Å². The van der Waals surface area contributed by atoms with E-state index in [1.807, 2.05) is 6.08 Å². The molecule has 1 N–H and O–H groups in total. The summed E-state index contributed by atoms with van der Waals surface area (Å²) in [7, 11) is 1.73. The van der Waals surface area contributed by atoms with Gasteiger partial charge in [-0.2, -0.15) is 0 Å². The molecule has 2 aromatic heterocycles. The van der Waals surface area contributed by atoms with Crippen LogP contribution in [0.3, 0.4) is 0 Å². The summed E-state index contributed by atoms with van der Waals surface area (Å²) in [5.41, 5.74) is -0.0603. The van der Waals surface area contributed by atoms with Crippen molar-refractivity contribution in [2.45, 2.75) is 39.0 Å². The molecule has 0 saturated carbocycles. The van der Waals surface area contributed by atoms with Crippen molar-refractivity contribution in [3.05, 3.63) is 33.2 Å². The highest BCUT2D eigenvalue weighted by atomic mass is 16.2. The molecule has 2 heterocycles. The van der Waals surface area contributed by atoms with Gasteiger partial charge in [0.25, 0.3) is 5.56 Å². The average Bonchev–Trinajstić information content (AvgIpc) is 2.78. The van der Waals surface area contributed by atoms with Crippen LogP contribution in [0.25, 0.3) is 17.4 Å². The van der Waals surface area contributed by atoms with Gasteiger partial charge in [0.2, 0.25) is 0 Å². The maximum absolute atomic E-state index is 12.2. The Kier molecular flexibility index (Phi) is 4.55.